The van der Waals surface area contributed by atoms with Crippen LogP contribution in [0.1, 0.15) is 18.4 Å². The molecule has 3 nitrogen and oxygen atoms in total. The van der Waals surface area contributed by atoms with Crippen molar-refractivity contribution in [3.63, 3.8) is 0 Å². The summed E-state index contributed by atoms with van der Waals surface area (Å²) in [6.45, 7) is 0.679. The second kappa shape index (κ2) is 6.12. The number of hydrogen-bond acceptors (Lipinski definition) is 2. The molecule has 1 aromatic carbocycles. The maximum atomic E-state index is 12.1. The molecule has 0 aliphatic heterocycles. The number of carbonyl (C=O) groups excluding carboxylic acids is 1. The van der Waals surface area contributed by atoms with E-state index in [2.05, 4.69) is 0 Å². The molecule has 0 unspecified atom stereocenters. The van der Waals surface area contributed by atoms with Crippen molar-refractivity contribution in [3.05, 3.63) is 33.8 Å². The number of aliphatic hydroxyl groups is 1. The summed E-state index contributed by atoms with van der Waals surface area (Å²) in [7, 11) is 1.78. The molecular weight excluding hydrogens is 285 g/mol. The first-order valence-corrected chi connectivity index (χ1v) is 7.08. The number of amides is 1. The van der Waals surface area contributed by atoms with E-state index in [0.29, 0.717) is 28.1 Å². The standard InChI is InChI=1S/C14H17Cl2NO2/c1-17(8-9-5-10(18)6-9)14(19)7-11-12(15)3-2-4-13(11)16/h2-4,9-10,18H,5-8H2,1H3. The summed E-state index contributed by atoms with van der Waals surface area (Å²) in [5, 5.41) is 10.3. The van der Waals surface area contributed by atoms with E-state index >= 15 is 0 Å². The molecule has 1 aliphatic rings. The highest BCUT2D eigenvalue weighted by Crippen LogP contribution is 2.28. The number of carbonyl (C=O) groups is 1. The molecule has 1 N–H and O–H groups in total. The van der Waals surface area contributed by atoms with Gasteiger partial charge in [-0.1, -0.05) is 29.3 Å². The second-order valence-corrected chi connectivity index (χ2v) is 5.96. The molecule has 104 valence electrons. The minimum atomic E-state index is -0.188. The maximum Gasteiger partial charge on any atom is 0.226 e. The van der Waals surface area contributed by atoms with Gasteiger partial charge in [0.2, 0.25) is 5.91 Å². The molecule has 1 amide bonds. The predicted octanol–water partition coefficient (Wildman–Crippen LogP) is 2.77. The zero-order chi connectivity index (χ0) is 14.0. The van der Waals surface area contributed by atoms with Crippen molar-refractivity contribution in [2.45, 2.75) is 25.4 Å². The molecule has 1 aliphatic carbocycles. The van der Waals surface area contributed by atoms with E-state index < -0.39 is 0 Å². The van der Waals surface area contributed by atoms with Crippen molar-refractivity contribution in [2.75, 3.05) is 13.6 Å². The summed E-state index contributed by atoms with van der Waals surface area (Å²) in [6.07, 6.45) is 1.59. The van der Waals surface area contributed by atoms with Crippen LogP contribution >= 0.6 is 23.2 Å². The van der Waals surface area contributed by atoms with Gasteiger partial charge < -0.3 is 10.0 Å². The van der Waals surface area contributed by atoms with Crippen LogP contribution in [0.4, 0.5) is 0 Å². The molecule has 0 spiro atoms. The third-order valence-electron chi connectivity index (χ3n) is 3.56. The number of nitrogens with zero attached hydrogens (tertiary/aromatic N) is 1. The smallest absolute Gasteiger partial charge is 0.226 e. The Kier molecular flexibility index (Phi) is 4.71. The minimum Gasteiger partial charge on any atom is -0.393 e. The summed E-state index contributed by atoms with van der Waals surface area (Å²) in [5.41, 5.74) is 0.677. The first kappa shape index (κ1) is 14.6. The summed E-state index contributed by atoms with van der Waals surface area (Å²) in [6, 6.07) is 5.23. The number of rotatable bonds is 4. The van der Waals surface area contributed by atoms with Gasteiger partial charge in [0, 0.05) is 23.6 Å². The Morgan fingerprint density at radius 3 is 2.47 bits per heavy atom. The Hall–Kier alpha value is -0.770. The molecule has 0 saturated heterocycles. The Morgan fingerprint density at radius 2 is 1.95 bits per heavy atom. The van der Waals surface area contributed by atoms with Crippen molar-refractivity contribution in [1.29, 1.82) is 0 Å². The molecule has 1 saturated carbocycles. The summed E-state index contributed by atoms with van der Waals surface area (Å²) < 4.78 is 0. The molecule has 0 radical (unpaired) electrons. The molecule has 0 heterocycles. The first-order chi connectivity index (χ1) is 8.97. The average molecular weight is 302 g/mol. The molecule has 19 heavy (non-hydrogen) atoms. The van der Waals surface area contributed by atoms with Gasteiger partial charge in [-0.05, 0) is 36.5 Å². The van der Waals surface area contributed by atoms with Gasteiger partial charge in [0.05, 0.1) is 12.5 Å². The van der Waals surface area contributed by atoms with E-state index in [1.165, 1.54) is 0 Å². The Morgan fingerprint density at radius 1 is 1.37 bits per heavy atom. The normalized spacial score (nSPS) is 21.9. The number of hydrogen-bond donors (Lipinski definition) is 1. The monoisotopic (exact) mass is 301 g/mol. The van der Waals surface area contributed by atoms with Crippen molar-refractivity contribution in [3.8, 4) is 0 Å². The fraction of sp³-hybridized carbons (Fsp3) is 0.500. The molecular formula is C14H17Cl2NO2. The van der Waals surface area contributed by atoms with Crippen molar-refractivity contribution in [1.82, 2.24) is 4.90 Å². The van der Waals surface area contributed by atoms with E-state index in [9.17, 15) is 9.90 Å². The quantitative estimate of drug-likeness (QED) is 0.929. The zero-order valence-electron chi connectivity index (χ0n) is 10.8. The molecule has 1 aromatic rings. The predicted molar refractivity (Wildman–Crippen MR) is 76.5 cm³/mol. The largest absolute Gasteiger partial charge is 0.393 e. The lowest BCUT2D eigenvalue weighted by Crippen LogP contribution is -2.40. The van der Waals surface area contributed by atoms with Crippen LogP contribution in [0.15, 0.2) is 18.2 Å². The third-order valence-corrected chi connectivity index (χ3v) is 4.27. The van der Waals surface area contributed by atoms with Gasteiger partial charge in [-0.15, -0.1) is 0 Å². The van der Waals surface area contributed by atoms with Crippen molar-refractivity contribution < 1.29 is 9.90 Å². The SMILES string of the molecule is CN(CC1CC(O)C1)C(=O)Cc1c(Cl)cccc1Cl. The fourth-order valence-electron chi connectivity index (χ4n) is 2.33. The van der Waals surface area contributed by atoms with Gasteiger partial charge in [0.25, 0.3) is 0 Å². The van der Waals surface area contributed by atoms with E-state index in [0.717, 1.165) is 12.8 Å². The van der Waals surface area contributed by atoms with E-state index in [-0.39, 0.29) is 18.4 Å². The van der Waals surface area contributed by atoms with Crippen LogP contribution in [0.2, 0.25) is 10.0 Å². The van der Waals surface area contributed by atoms with Crippen LogP contribution in [0.3, 0.4) is 0 Å². The van der Waals surface area contributed by atoms with Gasteiger partial charge in [0.1, 0.15) is 0 Å². The summed E-state index contributed by atoms with van der Waals surface area (Å²) >= 11 is 12.1. The van der Waals surface area contributed by atoms with Gasteiger partial charge >= 0.3 is 0 Å². The summed E-state index contributed by atoms with van der Waals surface area (Å²) in [5.74, 6) is 0.405. The lowest BCUT2D eigenvalue weighted by molar-refractivity contribution is -0.130. The van der Waals surface area contributed by atoms with Gasteiger partial charge in [0.15, 0.2) is 0 Å². The van der Waals surface area contributed by atoms with Crippen LogP contribution in [-0.2, 0) is 11.2 Å². The maximum absolute atomic E-state index is 12.1. The van der Waals surface area contributed by atoms with Crippen LogP contribution < -0.4 is 0 Å². The Balaban J connectivity index is 1.93. The minimum absolute atomic E-state index is 0.00334. The van der Waals surface area contributed by atoms with Gasteiger partial charge in [-0.3, -0.25) is 4.79 Å². The van der Waals surface area contributed by atoms with E-state index in [1.807, 2.05) is 0 Å². The molecule has 0 atom stereocenters. The molecule has 0 aromatic heterocycles. The average Bonchev–Trinajstić information content (AvgIpc) is 2.31. The van der Waals surface area contributed by atoms with Gasteiger partial charge in [-0.25, -0.2) is 0 Å². The molecule has 2 rings (SSSR count). The molecule has 1 fully saturated rings. The van der Waals surface area contributed by atoms with Crippen LogP contribution in [-0.4, -0.2) is 35.6 Å². The topological polar surface area (TPSA) is 40.5 Å². The zero-order valence-corrected chi connectivity index (χ0v) is 12.3. The summed E-state index contributed by atoms with van der Waals surface area (Å²) in [4.78, 5) is 13.8. The lowest BCUT2D eigenvalue weighted by atomic mass is 9.82. The number of likely N-dealkylation sites (N-methyl/N-ethyl adjacent to an activating group) is 1. The van der Waals surface area contributed by atoms with E-state index in [4.69, 9.17) is 23.2 Å². The highest BCUT2D eigenvalue weighted by atomic mass is 35.5. The molecule has 0 bridgehead atoms. The number of halogens is 2. The van der Waals surface area contributed by atoms with Crippen LogP contribution in [0.25, 0.3) is 0 Å². The Labute approximate surface area is 123 Å². The van der Waals surface area contributed by atoms with Crippen molar-refractivity contribution in [2.24, 2.45) is 5.92 Å². The number of aliphatic hydroxyl groups excluding tert-OH is 1. The van der Waals surface area contributed by atoms with E-state index in [1.54, 1.807) is 30.1 Å². The van der Waals surface area contributed by atoms with Crippen LogP contribution in [0, 0.1) is 5.92 Å². The highest BCUT2D eigenvalue weighted by molar-refractivity contribution is 6.36. The Bertz CT molecular complexity index is 452. The van der Waals surface area contributed by atoms with Gasteiger partial charge in [-0.2, -0.15) is 0 Å². The first-order valence-electron chi connectivity index (χ1n) is 6.32. The third kappa shape index (κ3) is 3.62. The number of benzene rings is 1. The highest BCUT2D eigenvalue weighted by Gasteiger charge is 2.29. The second-order valence-electron chi connectivity index (χ2n) is 5.14. The lowest BCUT2D eigenvalue weighted by Gasteiger charge is -2.34. The van der Waals surface area contributed by atoms with Crippen LogP contribution in [0.5, 0.6) is 0 Å². The fourth-order valence-corrected chi connectivity index (χ4v) is 2.86. The van der Waals surface area contributed by atoms with Crippen molar-refractivity contribution >= 4 is 29.1 Å². The molecule has 5 heteroatoms.